The summed E-state index contributed by atoms with van der Waals surface area (Å²) in [6.07, 6.45) is 1.37. The molecule has 16 nitrogen and oxygen atoms in total. The molecule has 5 aromatic carbocycles. The molecular weight excluding hydrogens is 1020 g/mol. The summed E-state index contributed by atoms with van der Waals surface area (Å²) in [5.74, 6) is -1.88. The Morgan fingerprint density at radius 1 is 0.507 bits per heavy atom. The van der Waals surface area contributed by atoms with Gasteiger partial charge in [0.2, 0.25) is 12.1 Å². The Kier molecular flexibility index (Phi) is 21.3. The summed E-state index contributed by atoms with van der Waals surface area (Å²) < 4.78 is 11.4. The lowest BCUT2D eigenvalue weighted by molar-refractivity contribution is -0.127. The fraction of sp³-hybridized carbons (Fsp3) is 0.280. The predicted molar refractivity (Wildman–Crippen MR) is 279 cm³/mol. The third-order valence-electron chi connectivity index (χ3n) is 10.2. The van der Waals surface area contributed by atoms with Crippen LogP contribution < -0.4 is 30.7 Å². The minimum Gasteiger partial charge on any atom is -0.494 e. The molecule has 0 aromatic heterocycles. The van der Waals surface area contributed by atoms with Crippen molar-refractivity contribution >= 4 is 127 Å². The van der Waals surface area contributed by atoms with E-state index >= 15 is 0 Å². The average Bonchev–Trinajstić information content (AvgIpc) is 3.32. The number of ketones is 2. The third kappa shape index (κ3) is 15.8. The van der Waals surface area contributed by atoms with E-state index < -0.39 is 47.3 Å². The van der Waals surface area contributed by atoms with E-state index in [0.29, 0.717) is 66.3 Å². The van der Waals surface area contributed by atoms with Crippen molar-refractivity contribution in [3.8, 4) is 11.5 Å². The Hall–Kier alpha value is -6.43. The molecule has 0 saturated heterocycles. The van der Waals surface area contributed by atoms with Crippen LogP contribution in [0.2, 0.25) is 10.0 Å². The van der Waals surface area contributed by atoms with E-state index in [1.165, 1.54) is 54.6 Å². The molecule has 0 spiro atoms. The Morgan fingerprint density at radius 3 is 1.34 bits per heavy atom. The van der Waals surface area contributed by atoms with Crippen molar-refractivity contribution in [1.82, 2.24) is 0 Å². The minimum atomic E-state index is -1.63. The van der Waals surface area contributed by atoms with Crippen molar-refractivity contribution in [2.24, 2.45) is 20.5 Å². The maximum atomic E-state index is 13.6. The molecule has 4 amide bonds. The van der Waals surface area contributed by atoms with E-state index in [1.54, 1.807) is 24.3 Å². The molecule has 0 aliphatic carbocycles. The number of rotatable bonds is 24. The van der Waals surface area contributed by atoms with Crippen molar-refractivity contribution in [2.45, 2.75) is 59.0 Å². The van der Waals surface area contributed by atoms with E-state index in [9.17, 15) is 28.8 Å². The number of benzene rings is 5. The molecule has 5 aromatic rings. The van der Waals surface area contributed by atoms with Crippen LogP contribution in [0.1, 0.15) is 65.1 Å². The molecule has 0 bridgehead atoms. The quantitative estimate of drug-likeness (QED) is 0.0264. The summed E-state index contributed by atoms with van der Waals surface area (Å²) in [5.41, 5.74) is 4.04. The number of amides is 4. The number of carbonyl (C=O) groups excluding carboxylic acids is 6. The van der Waals surface area contributed by atoms with E-state index in [2.05, 4.69) is 41.7 Å². The first-order valence-electron chi connectivity index (χ1n) is 22.1. The van der Waals surface area contributed by atoms with Crippen LogP contribution in [0.3, 0.4) is 0 Å². The summed E-state index contributed by atoms with van der Waals surface area (Å²) in [6.45, 7) is 6.86. The van der Waals surface area contributed by atoms with Crippen LogP contribution >= 0.6 is 58.0 Å². The molecule has 2 unspecified atom stereocenters. The maximum absolute atomic E-state index is 13.6. The van der Waals surface area contributed by atoms with Gasteiger partial charge in [0.1, 0.15) is 22.9 Å². The molecule has 0 aliphatic heterocycles. The number of azo groups is 2. The molecule has 71 heavy (non-hydrogen) atoms. The standard InChI is InChI=1S/C50H49Cl5N8O8/c1-5-70-43-26-36(11-7-30(43)17-20-51)56-47(66)33-9-14-38(54)41(24-33)60-62-45(28(3)64)49(68)58-35-13-16-40(32(23-35)19-22-53)59-50(69)46(29(4)65)63-61-42-25-34(10-15-39(42)55)48(67)57-37-12-8-31(18-21-52)44(27-37)71-6-2/h7-16,23-27,45-46H,5-6,17-22H2,1-4H3,(H,56,66)(H,57,67)(H,58,68)(H,59,69). The zero-order valence-corrected chi connectivity index (χ0v) is 42.7. The molecule has 4 N–H and O–H groups in total. The molecule has 0 saturated carbocycles. The van der Waals surface area contributed by atoms with Gasteiger partial charge in [0.25, 0.3) is 23.6 Å². The second kappa shape index (κ2) is 27.2. The predicted octanol–water partition coefficient (Wildman–Crippen LogP) is 12.0. The van der Waals surface area contributed by atoms with E-state index in [-0.39, 0.29) is 56.2 Å². The van der Waals surface area contributed by atoms with Crippen molar-refractivity contribution in [1.29, 1.82) is 0 Å². The highest BCUT2D eigenvalue weighted by atomic mass is 35.5. The SMILES string of the molecule is CCOc1cc(NC(=O)c2ccc(Cl)c(N=NC(C(C)=O)C(=O)Nc3ccc(NC(=O)C(N=Nc4cc(C(=O)Nc5ccc(CCCl)c(OCC)c5)ccc4Cl)C(C)=O)c(CCCl)c3)c2)ccc1CCCl. The molecule has 0 fully saturated rings. The number of nitrogens with one attached hydrogen (secondary N) is 4. The van der Waals surface area contributed by atoms with Crippen LogP contribution in [0.15, 0.2) is 111 Å². The summed E-state index contributed by atoms with van der Waals surface area (Å²) in [7, 11) is 0. The van der Waals surface area contributed by atoms with Gasteiger partial charge >= 0.3 is 0 Å². The maximum Gasteiger partial charge on any atom is 0.258 e. The van der Waals surface area contributed by atoms with Gasteiger partial charge in [-0.05, 0) is 130 Å². The molecule has 0 radical (unpaired) electrons. The highest BCUT2D eigenvalue weighted by molar-refractivity contribution is 6.33. The highest BCUT2D eigenvalue weighted by Gasteiger charge is 2.26. The Bertz CT molecular complexity index is 2850. The van der Waals surface area contributed by atoms with Gasteiger partial charge in [0, 0.05) is 63.6 Å². The Labute approximate surface area is 435 Å². The lowest BCUT2D eigenvalue weighted by Gasteiger charge is -2.15. The number of anilines is 4. The van der Waals surface area contributed by atoms with Crippen molar-refractivity contribution in [3.63, 3.8) is 0 Å². The number of hydrogen-bond acceptors (Lipinski definition) is 12. The number of Topliss-reactive ketones (excluding diaryl/α,β-unsaturated/α-hetero) is 2. The Balaban J connectivity index is 1.27. The van der Waals surface area contributed by atoms with Gasteiger partial charge in [0.15, 0.2) is 11.6 Å². The van der Waals surface area contributed by atoms with Gasteiger partial charge in [-0.15, -0.1) is 34.8 Å². The molecule has 0 aliphatic rings. The zero-order valence-electron chi connectivity index (χ0n) is 38.9. The second-order valence-corrected chi connectivity index (χ2v) is 17.3. The molecule has 0 heterocycles. The number of ether oxygens (including phenoxy) is 2. The lowest BCUT2D eigenvalue weighted by atomic mass is 10.1. The number of alkyl halides is 3. The molecule has 21 heteroatoms. The van der Waals surface area contributed by atoms with Gasteiger partial charge in [0.05, 0.1) is 23.3 Å². The summed E-state index contributed by atoms with van der Waals surface area (Å²) in [4.78, 5) is 79.1. The first kappa shape index (κ1) is 55.5. The van der Waals surface area contributed by atoms with E-state index in [0.717, 1.165) is 25.0 Å². The number of nitrogens with zero attached hydrogens (tertiary/aromatic N) is 4. The normalized spacial score (nSPS) is 12.0. The van der Waals surface area contributed by atoms with Crippen LogP contribution in [0, 0.1) is 0 Å². The van der Waals surface area contributed by atoms with Gasteiger partial charge in [-0.25, -0.2) is 0 Å². The first-order chi connectivity index (χ1) is 34.1. The van der Waals surface area contributed by atoms with Crippen LogP contribution in [0.4, 0.5) is 34.1 Å². The average molecular weight is 1070 g/mol. The van der Waals surface area contributed by atoms with Gasteiger partial charge < -0.3 is 30.7 Å². The van der Waals surface area contributed by atoms with Crippen LogP contribution in [0.5, 0.6) is 11.5 Å². The van der Waals surface area contributed by atoms with Gasteiger partial charge in [-0.1, -0.05) is 35.3 Å². The van der Waals surface area contributed by atoms with Gasteiger partial charge in [-0.3, -0.25) is 28.8 Å². The molecule has 2 atom stereocenters. The number of carbonyl (C=O) groups is 6. The monoisotopic (exact) mass is 1060 g/mol. The minimum absolute atomic E-state index is 0.0227. The third-order valence-corrected chi connectivity index (χ3v) is 11.4. The zero-order chi connectivity index (χ0) is 51.6. The number of aryl methyl sites for hydroxylation is 3. The van der Waals surface area contributed by atoms with Crippen molar-refractivity contribution in [3.05, 3.63) is 129 Å². The summed E-state index contributed by atoms with van der Waals surface area (Å²) in [6, 6.07) is 20.3. The lowest BCUT2D eigenvalue weighted by Crippen LogP contribution is -2.32. The van der Waals surface area contributed by atoms with Crippen LogP contribution in [-0.2, 0) is 38.4 Å². The topological polar surface area (TPSA) is 218 Å². The summed E-state index contributed by atoms with van der Waals surface area (Å²) in [5, 5.41) is 27.3. The number of hydrogen-bond donors (Lipinski definition) is 4. The van der Waals surface area contributed by atoms with Crippen molar-refractivity contribution < 1.29 is 38.2 Å². The van der Waals surface area contributed by atoms with Crippen molar-refractivity contribution in [2.75, 3.05) is 52.1 Å². The largest absolute Gasteiger partial charge is 0.494 e. The van der Waals surface area contributed by atoms with Crippen LogP contribution in [0.25, 0.3) is 0 Å². The van der Waals surface area contributed by atoms with E-state index in [1.807, 2.05) is 26.0 Å². The first-order valence-corrected chi connectivity index (χ1v) is 24.4. The Morgan fingerprint density at radius 2 is 0.915 bits per heavy atom. The van der Waals surface area contributed by atoms with E-state index in [4.69, 9.17) is 67.5 Å². The molecular formula is C50H49Cl5N8O8. The second-order valence-electron chi connectivity index (χ2n) is 15.4. The highest BCUT2D eigenvalue weighted by Crippen LogP contribution is 2.31. The van der Waals surface area contributed by atoms with Crippen LogP contribution in [-0.4, -0.2) is 78.1 Å². The fourth-order valence-electron chi connectivity index (χ4n) is 6.72. The fourth-order valence-corrected chi connectivity index (χ4v) is 7.64. The molecule has 372 valence electrons. The smallest absolute Gasteiger partial charge is 0.258 e. The summed E-state index contributed by atoms with van der Waals surface area (Å²) >= 11 is 30.8. The van der Waals surface area contributed by atoms with Gasteiger partial charge in [-0.2, -0.15) is 20.5 Å². The number of halogens is 5. The molecule has 5 rings (SSSR count).